The van der Waals surface area contributed by atoms with Crippen LogP contribution in [-0.4, -0.2) is 69.3 Å². The number of ether oxygens (including phenoxy) is 1. The van der Waals surface area contributed by atoms with E-state index in [0.29, 0.717) is 6.42 Å². The van der Waals surface area contributed by atoms with Crippen LogP contribution in [0.2, 0.25) is 0 Å². The molecular weight excluding hydrogens is 336 g/mol. The maximum Gasteiger partial charge on any atom is 0.370 e. The van der Waals surface area contributed by atoms with Crippen molar-refractivity contribution in [3.63, 3.8) is 0 Å². The smallest absolute Gasteiger partial charge is 0.370 e. The SMILES string of the molecule is CCC(C)C(=O)N[C@@H]1C(N=[N+]=[N-])C=C(C(=O)O)O[C@H]1[C@H](O)[C@H](O)CO. The Kier molecular flexibility index (Phi) is 7.65. The summed E-state index contributed by atoms with van der Waals surface area (Å²) in [7, 11) is 0. The molecule has 0 bridgehead atoms. The third kappa shape index (κ3) is 5.07. The molecule has 1 amide bonds. The number of hydrogen-bond donors (Lipinski definition) is 5. The predicted octanol–water partition coefficient (Wildman–Crippen LogP) is -0.722. The molecule has 5 N–H and O–H groups in total. The van der Waals surface area contributed by atoms with Gasteiger partial charge in [-0.2, -0.15) is 0 Å². The highest BCUT2D eigenvalue weighted by Crippen LogP contribution is 2.25. The number of rotatable bonds is 8. The third-order valence-corrected chi connectivity index (χ3v) is 3.99. The molecule has 1 aliphatic heterocycles. The highest BCUT2D eigenvalue weighted by Gasteiger charge is 2.43. The highest BCUT2D eigenvalue weighted by molar-refractivity contribution is 5.85. The Balaban J connectivity index is 3.26. The first kappa shape index (κ1) is 20.7. The molecule has 140 valence electrons. The molecule has 0 aliphatic carbocycles. The molecule has 25 heavy (non-hydrogen) atoms. The topological polar surface area (TPSA) is 185 Å². The van der Waals surface area contributed by atoms with Crippen LogP contribution in [-0.2, 0) is 14.3 Å². The van der Waals surface area contributed by atoms with Crippen molar-refractivity contribution in [3.8, 4) is 0 Å². The fourth-order valence-electron chi connectivity index (χ4n) is 2.27. The summed E-state index contributed by atoms with van der Waals surface area (Å²) in [6.07, 6.45) is -3.28. The molecule has 11 heteroatoms. The van der Waals surface area contributed by atoms with Crippen LogP contribution in [0.3, 0.4) is 0 Å². The average molecular weight is 358 g/mol. The van der Waals surface area contributed by atoms with Crippen molar-refractivity contribution in [2.24, 2.45) is 11.0 Å². The lowest BCUT2D eigenvalue weighted by Crippen LogP contribution is -2.60. The monoisotopic (exact) mass is 358 g/mol. The van der Waals surface area contributed by atoms with Crippen LogP contribution in [0.4, 0.5) is 0 Å². The van der Waals surface area contributed by atoms with Crippen LogP contribution >= 0.6 is 0 Å². The molecule has 0 saturated carbocycles. The summed E-state index contributed by atoms with van der Waals surface area (Å²) in [5.74, 6) is -2.88. The quantitative estimate of drug-likeness (QED) is 0.215. The zero-order valence-corrected chi connectivity index (χ0v) is 13.8. The summed E-state index contributed by atoms with van der Waals surface area (Å²) in [5.41, 5.74) is 8.71. The summed E-state index contributed by atoms with van der Waals surface area (Å²) in [6.45, 7) is 2.64. The van der Waals surface area contributed by atoms with E-state index in [4.69, 9.17) is 20.5 Å². The number of aliphatic hydroxyl groups excluding tert-OH is 3. The van der Waals surface area contributed by atoms with E-state index in [0.717, 1.165) is 6.08 Å². The summed E-state index contributed by atoms with van der Waals surface area (Å²) in [6, 6.07) is -2.29. The van der Waals surface area contributed by atoms with E-state index in [1.165, 1.54) is 0 Å². The van der Waals surface area contributed by atoms with Gasteiger partial charge in [-0.05, 0) is 18.0 Å². The lowest BCUT2D eigenvalue weighted by molar-refractivity contribution is -0.146. The van der Waals surface area contributed by atoms with Gasteiger partial charge in [-0.15, -0.1) is 0 Å². The third-order valence-electron chi connectivity index (χ3n) is 3.99. The predicted molar refractivity (Wildman–Crippen MR) is 84.0 cm³/mol. The van der Waals surface area contributed by atoms with E-state index < -0.39 is 60.6 Å². The van der Waals surface area contributed by atoms with Gasteiger partial charge in [0.15, 0.2) is 0 Å². The highest BCUT2D eigenvalue weighted by atomic mass is 16.5. The normalized spacial score (nSPS) is 26.3. The Morgan fingerprint density at radius 2 is 2.12 bits per heavy atom. The minimum Gasteiger partial charge on any atom is -0.478 e. The largest absolute Gasteiger partial charge is 0.478 e. The number of aliphatic hydroxyl groups is 3. The zero-order valence-electron chi connectivity index (χ0n) is 13.8. The first-order valence-corrected chi connectivity index (χ1v) is 7.70. The van der Waals surface area contributed by atoms with Gasteiger partial charge in [-0.1, -0.05) is 19.0 Å². The first-order valence-electron chi connectivity index (χ1n) is 7.70. The van der Waals surface area contributed by atoms with E-state index >= 15 is 0 Å². The van der Waals surface area contributed by atoms with Crippen molar-refractivity contribution in [2.75, 3.05) is 6.61 Å². The second-order valence-corrected chi connectivity index (χ2v) is 5.70. The lowest BCUT2D eigenvalue weighted by atomic mass is 9.92. The number of carbonyl (C=O) groups is 2. The van der Waals surface area contributed by atoms with Crippen LogP contribution in [0, 0.1) is 5.92 Å². The number of nitrogens with zero attached hydrogens (tertiary/aromatic N) is 3. The number of carboxylic acids is 1. The Morgan fingerprint density at radius 3 is 2.60 bits per heavy atom. The van der Waals surface area contributed by atoms with Crippen molar-refractivity contribution in [3.05, 3.63) is 22.3 Å². The molecule has 0 aromatic carbocycles. The molecule has 11 nitrogen and oxygen atoms in total. The summed E-state index contributed by atoms with van der Waals surface area (Å²) < 4.78 is 5.18. The van der Waals surface area contributed by atoms with E-state index in [9.17, 15) is 19.8 Å². The van der Waals surface area contributed by atoms with E-state index in [1.54, 1.807) is 13.8 Å². The van der Waals surface area contributed by atoms with Crippen molar-refractivity contribution in [1.82, 2.24) is 5.32 Å². The van der Waals surface area contributed by atoms with Gasteiger partial charge in [0, 0.05) is 10.8 Å². The van der Waals surface area contributed by atoms with E-state index in [2.05, 4.69) is 15.3 Å². The Morgan fingerprint density at radius 1 is 1.48 bits per heavy atom. The van der Waals surface area contributed by atoms with Gasteiger partial charge in [0.05, 0.1) is 18.7 Å². The average Bonchev–Trinajstić information content (AvgIpc) is 2.60. The van der Waals surface area contributed by atoms with Crippen LogP contribution in [0.15, 0.2) is 16.9 Å². The van der Waals surface area contributed by atoms with E-state index in [-0.39, 0.29) is 0 Å². The number of hydrogen-bond acceptors (Lipinski definition) is 7. The number of carboxylic acid groups (broad SMARTS) is 1. The fraction of sp³-hybridized carbons (Fsp3) is 0.714. The second kappa shape index (κ2) is 9.23. The van der Waals surface area contributed by atoms with Gasteiger partial charge in [0.1, 0.15) is 18.3 Å². The molecule has 1 rings (SSSR count). The number of amides is 1. The Labute approximate surface area is 143 Å². The van der Waals surface area contributed by atoms with Gasteiger partial charge in [-0.3, -0.25) is 4.79 Å². The molecule has 1 aliphatic rings. The Bertz CT molecular complexity index is 576. The molecule has 0 saturated heterocycles. The minimum absolute atomic E-state index is 0.392. The summed E-state index contributed by atoms with van der Waals surface area (Å²) in [4.78, 5) is 26.0. The van der Waals surface area contributed by atoms with Gasteiger partial charge < -0.3 is 30.5 Å². The van der Waals surface area contributed by atoms with Crippen LogP contribution in [0.1, 0.15) is 20.3 Å². The fourth-order valence-corrected chi connectivity index (χ4v) is 2.27. The van der Waals surface area contributed by atoms with Gasteiger partial charge in [0.25, 0.3) is 0 Å². The maximum absolute atomic E-state index is 12.2. The molecule has 0 aromatic rings. The minimum atomic E-state index is -1.73. The molecule has 2 unspecified atom stereocenters. The van der Waals surface area contributed by atoms with Crippen LogP contribution in [0.5, 0.6) is 0 Å². The molecule has 6 atom stereocenters. The van der Waals surface area contributed by atoms with Crippen molar-refractivity contribution < 1.29 is 34.8 Å². The molecule has 0 fully saturated rings. The summed E-state index contributed by atoms with van der Waals surface area (Å²) in [5, 5.41) is 43.9. The standard InChI is InChI=1S/C14H22N4O7/c1-3-6(2)13(22)16-10-7(17-18-15)4-9(14(23)24)25-12(10)11(21)8(20)5-19/h4,6-8,10-12,19-21H,3,5H2,1-2H3,(H,16,22)(H,23,24)/t6?,7?,8-,10-,11-,12-/m1/s1. The maximum atomic E-state index is 12.2. The Hall–Kier alpha value is -2.33. The van der Waals surface area contributed by atoms with Crippen molar-refractivity contribution >= 4 is 11.9 Å². The first-order chi connectivity index (χ1) is 11.8. The molecule has 1 heterocycles. The number of carbonyl (C=O) groups excluding carboxylic acids is 1. The number of nitrogens with one attached hydrogen (secondary N) is 1. The summed E-state index contributed by atoms with van der Waals surface area (Å²) >= 11 is 0. The molecule has 0 spiro atoms. The van der Waals surface area contributed by atoms with Gasteiger partial charge in [-0.25, -0.2) is 4.79 Å². The van der Waals surface area contributed by atoms with Crippen molar-refractivity contribution in [1.29, 1.82) is 0 Å². The zero-order chi connectivity index (χ0) is 19.1. The lowest BCUT2D eigenvalue weighted by Gasteiger charge is -2.38. The van der Waals surface area contributed by atoms with Crippen LogP contribution in [0.25, 0.3) is 10.4 Å². The van der Waals surface area contributed by atoms with E-state index in [1.807, 2.05) is 0 Å². The number of azide groups is 1. The molecule has 0 radical (unpaired) electrons. The van der Waals surface area contributed by atoms with Gasteiger partial charge >= 0.3 is 5.97 Å². The second-order valence-electron chi connectivity index (χ2n) is 5.70. The van der Waals surface area contributed by atoms with Crippen molar-refractivity contribution in [2.45, 2.75) is 50.7 Å². The van der Waals surface area contributed by atoms with Gasteiger partial charge in [0.2, 0.25) is 11.7 Å². The molecular formula is C14H22N4O7. The van der Waals surface area contributed by atoms with Crippen LogP contribution < -0.4 is 5.32 Å². The molecule has 0 aromatic heterocycles. The number of aliphatic carboxylic acids is 1.